The number of rotatable bonds is 9. The fraction of sp³-hybridized carbons (Fsp3) is 0.769. The van der Waals surface area contributed by atoms with Crippen molar-refractivity contribution >= 4 is 5.97 Å². The second-order valence-electron chi connectivity index (χ2n) is 3.98. The second kappa shape index (κ2) is 9.40. The van der Waals surface area contributed by atoms with Crippen LogP contribution < -0.4 is 0 Å². The van der Waals surface area contributed by atoms with E-state index in [2.05, 4.69) is 25.3 Å². The van der Waals surface area contributed by atoms with E-state index in [1.165, 1.54) is 6.08 Å². The molecule has 0 fully saturated rings. The zero-order valence-electron chi connectivity index (χ0n) is 10.9. The molecule has 0 N–H and O–H groups in total. The number of carbonyl (C=O) groups is 1. The second-order valence-corrected chi connectivity index (χ2v) is 3.98. The van der Waals surface area contributed by atoms with E-state index in [4.69, 9.17) is 4.74 Å². The van der Waals surface area contributed by atoms with Gasteiger partial charge >= 0.3 is 5.97 Å². The Morgan fingerprint density at radius 2 is 1.81 bits per heavy atom. The van der Waals surface area contributed by atoms with Gasteiger partial charge in [-0.3, -0.25) is 4.90 Å². The van der Waals surface area contributed by atoms with E-state index in [-0.39, 0.29) is 12.2 Å². The molecule has 0 bridgehead atoms. The summed E-state index contributed by atoms with van der Waals surface area (Å²) in [5.74, 6) is -0.342. The lowest BCUT2D eigenvalue weighted by Gasteiger charge is -2.28. The summed E-state index contributed by atoms with van der Waals surface area (Å²) in [5, 5.41) is 0. The molecular formula is C13H25NO2. The molecule has 94 valence electrons. The minimum Gasteiger partial charge on any atom is -0.443 e. The summed E-state index contributed by atoms with van der Waals surface area (Å²) in [5.41, 5.74) is 0. The molecule has 0 amide bonds. The lowest BCUT2D eigenvalue weighted by molar-refractivity contribution is -0.151. The molecule has 16 heavy (non-hydrogen) atoms. The third kappa shape index (κ3) is 6.62. The molecule has 0 rings (SSSR count). The van der Waals surface area contributed by atoms with Crippen molar-refractivity contribution in [1.29, 1.82) is 0 Å². The van der Waals surface area contributed by atoms with E-state index in [1.54, 1.807) is 0 Å². The number of hydrogen-bond acceptors (Lipinski definition) is 3. The molecule has 1 atom stereocenters. The summed E-state index contributed by atoms with van der Waals surface area (Å²) in [6, 6.07) is 0. The Balaban J connectivity index is 4.12. The summed E-state index contributed by atoms with van der Waals surface area (Å²) in [4.78, 5) is 13.3. The van der Waals surface area contributed by atoms with Crippen LogP contribution in [0.5, 0.6) is 0 Å². The van der Waals surface area contributed by atoms with Crippen molar-refractivity contribution in [3.8, 4) is 0 Å². The largest absolute Gasteiger partial charge is 0.443 e. The predicted molar refractivity (Wildman–Crippen MR) is 67.1 cm³/mol. The molecule has 0 spiro atoms. The Morgan fingerprint density at radius 3 is 2.19 bits per heavy atom. The smallest absolute Gasteiger partial charge is 0.331 e. The quantitative estimate of drug-likeness (QED) is 0.344. The standard InChI is InChI=1S/C13H25NO2/c1-5-8-10-14(11-9-6-2)12(4)16-13(15)7-3/h7,12H,3,5-6,8-11H2,1-2,4H3. The average molecular weight is 227 g/mol. The number of nitrogens with zero attached hydrogens (tertiary/aromatic N) is 1. The lowest BCUT2D eigenvalue weighted by atomic mass is 10.2. The van der Waals surface area contributed by atoms with Gasteiger partial charge in [0.1, 0.15) is 0 Å². The maximum Gasteiger partial charge on any atom is 0.331 e. The molecule has 0 aliphatic carbocycles. The van der Waals surface area contributed by atoms with Crippen LogP contribution in [0.4, 0.5) is 0 Å². The van der Waals surface area contributed by atoms with Gasteiger partial charge in [-0.05, 0) is 19.8 Å². The van der Waals surface area contributed by atoms with Crippen molar-refractivity contribution in [2.24, 2.45) is 0 Å². The molecule has 0 saturated heterocycles. The van der Waals surface area contributed by atoms with E-state index < -0.39 is 0 Å². The topological polar surface area (TPSA) is 29.5 Å². The van der Waals surface area contributed by atoms with Gasteiger partial charge < -0.3 is 4.74 Å². The van der Waals surface area contributed by atoms with Crippen LogP contribution in [0.25, 0.3) is 0 Å². The molecule has 3 heteroatoms. The average Bonchev–Trinajstić information content (AvgIpc) is 2.28. The summed E-state index contributed by atoms with van der Waals surface area (Å²) in [6.45, 7) is 11.6. The molecule has 0 saturated carbocycles. The molecule has 0 heterocycles. The Hall–Kier alpha value is -0.830. The van der Waals surface area contributed by atoms with Gasteiger partial charge in [0.15, 0.2) is 6.23 Å². The van der Waals surface area contributed by atoms with Crippen LogP contribution in [0, 0.1) is 0 Å². The maximum absolute atomic E-state index is 11.1. The van der Waals surface area contributed by atoms with Gasteiger partial charge in [0.2, 0.25) is 0 Å². The Kier molecular flexibility index (Phi) is 8.91. The summed E-state index contributed by atoms with van der Waals surface area (Å²) in [7, 11) is 0. The van der Waals surface area contributed by atoms with E-state index in [1.807, 2.05) is 6.92 Å². The third-order valence-electron chi connectivity index (χ3n) is 2.57. The number of ether oxygens (including phenoxy) is 1. The van der Waals surface area contributed by atoms with Gasteiger partial charge in [0.25, 0.3) is 0 Å². The van der Waals surface area contributed by atoms with Crippen molar-refractivity contribution in [2.45, 2.75) is 52.7 Å². The van der Waals surface area contributed by atoms with E-state index in [0.717, 1.165) is 38.8 Å². The lowest BCUT2D eigenvalue weighted by Crippen LogP contribution is -2.37. The van der Waals surface area contributed by atoms with E-state index in [9.17, 15) is 4.79 Å². The van der Waals surface area contributed by atoms with Crippen molar-refractivity contribution in [1.82, 2.24) is 4.90 Å². The first kappa shape index (κ1) is 15.2. The maximum atomic E-state index is 11.1. The van der Waals surface area contributed by atoms with Gasteiger partial charge in [-0.15, -0.1) is 0 Å². The molecular weight excluding hydrogens is 202 g/mol. The SMILES string of the molecule is C=CC(=O)OC(C)N(CCCC)CCCC. The Labute approximate surface area is 99.5 Å². The van der Waals surface area contributed by atoms with Crippen LogP contribution >= 0.6 is 0 Å². The first-order chi connectivity index (χ1) is 7.65. The Morgan fingerprint density at radius 1 is 1.31 bits per heavy atom. The number of unbranched alkanes of at least 4 members (excludes halogenated alkanes) is 2. The first-order valence-corrected chi connectivity index (χ1v) is 6.22. The van der Waals surface area contributed by atoms with Crippen LogP contribution in [0.1, 0.15) is 46.5 Å². The molecule has 1 unspecified atom stereocenters. The van der Waals surface area contributed by atoms with Gasteiger partial charge in [-0.2, -0.15) is 0 Å². The zero-order valence-corrected chi connectivity index (χ0v) is 10.9. The van der Waals surface area contributed by atoms with Crippen LogP contribution in [-0.2, 0) is 9.53 Å². The highest BCUT2D eigenvalue weighted by molar-refractivity contribution is 5.81. The summed E-state index contributed by atoms with van der Waals surface area (Å²) >= 11 is 0. The predicted octanol–water partition coefficient (Wildman–Crippen LogP) is 2.96. The van der Waals surface area contributed by atoms with Gasteiger partial charge in [-0.1, -0.05) is 33.3 Å². The zero-order chi connectivity index (χ0) is 12.4. The molecule has 3 nitrogen and oxygen atoms in total. The molecule has 0 radical (unpaired) electrons. The van der Waals surface area contributed by atoms with Gasteiger partial charge in [0, 0.05) is 19.2 Å². The van der Waals surface area contributed by atoms with Crippen molar-refractivity contribution in [3.63, 3.8) is 0 Å². The van der Waals surface area contributed by atoms with E-state index >= 15 is 0 Å². The molecule has 0 aromatic rings. The van der Waals surface area contributed by atoms with E-state index in [0.29, 0.717) is 0 Å². The van der Waals surface area contributed by atoms with Gasteiger partial charge in [-0.25, -0.2) is 4.79 Å². The summed E-state index contributed by atoms with van der Waals surface area (Å²) < 4.78 is 5.22. The van der Waals surface area contributed by atoms with Crippen LogP contribution in [0.2, 0.25) is 0 Å². The fourth-order valence-electron chi connectivity index (χ4n) is 1.49. The highest BCUT2D eigenvalue weighted by Gasteiger charge is 2.15. The van der Waals surface area contributed by atoms with Crippen molar-refractivity contribution in [2.75, 3.05) is 13.1 Å². The Bertz CT molecular complexity index is 196. The van der Waals surface area contributed by atoms with Crippen molar-refractivity contribution < 1.29 is 9.53 Å². The molecule has 0 aromatic carbocycles. The first-order valence-electron chi connectivity index (χ1n) is 6.22. The highest BCUT2D eigenvalue weighted by atomic mass is 16.6. The molecule has 0 aromatic heterocycles. The normalized spacial score (nSPS) is 12.5. The minimum atomic E-state index is -0.342. The van der Waals surface area contributed by atoms with Crippen molar-refractivity contribution in [3.05, 3.63) is 12.7 Å². The number of carbonyl (C=O) groups excluding carboxylic acids is 1. The number of hydrogen-bond donors (Lipinski definition) is 0. The minimum absolute atomic E-state index is 0.149. The van der Waals surface area contributed by atoms with Crippen LogP contribution in [0.15, 0.2) is 12.7 Å². The summed E-state index contributed by atoms with van der Waals surface area (Å²) in [6.07, 6.45) is 5.66. The molecule has 0 aliphatic heterocycles. The van der Waals surface area contributed by atoms with Crippen LogP contribution in [-0.4, -0.2) is 30.2 Å². The highest BCUT2D eigenvalue weighted by Crippen LogP contribution is 2.06. The third-order valence-corrected chi connectivity index (χ3v) is 2.57. The number of esters is 1. The van der Waals surface area contributed by atoms with Gasteiger partial charge in [0.05, 0.1) is 0 Å². The monoisotopic (exact) mass is 227 g/mol. The molecule has 0 aliphatic rings. The fourth-order valence-corrected chi connectivity index (χ4v) is 1.49. The van der Waals surface area contributed by atoms with Crippen LogP contribution in [0.3, 0.4) is 0 Å².